The van der Waals surface area contributed by atoms with E-state index in [2.05, 4.69) is 5.32 Å². The van der Waals surface area contributed by atoms with Gasteiger partial charge in [-0.15, -0.1) is 11.6 Å². The maximum Gasteiger partial charge on any atom is 0.419 e. The summed E-state index contributed by atoms with van der Waals surface area (Å²) in [4.78, 5) is 11.7. The quantitative estimate of drug-likeness (QED) is 0.474. The number of amides is 1. The van der Waals surface area contributed by atoms with Crippen LogP contribution in [-0.4, -0.2) is 31.5 Å². The van der Waals surface area contributed by atoms with E-state index in [9.17, 15) is 22.4 Å². The smallest absolute Gasteiger partial charge is 0.380 e. The summed E-state index contributed by atoms with van der Waals surface area (Å²) in [6, 6.07) is 2.12. The van der Waals surface area contributed by atoms with Gasteiger partial charge in [0, 0.05) is 24.6 Å². The minimum atomic E-state index is -4.84. The third-order valence-corrected chi connectivity index (χ3v) is 2.66. The third kappa shape index (κ3) is 5.89. The molecule has 118 valence electrons. The molecule has 1 amide bonds. The van der Waals surface area contributed by atoms with E-state index in [0.717, 1.165) is 6.07 Å². The van der Waals surface area contributed by atoms with Crippen molar-refractivity contribution in [3.05, 3.63) is 35.1 Å². The molecule has 0 fully saturated rings. The van der Waals surface area contributed by atoms with Gasteiger partial charge in [-0.3, -0.25) is 4.79 Å². The highest BCUT2D eigenvalue weighted by molar-refractivity contribution is 6.17. The van der Waals surface area contributed by atoms with Crippen LogP contribution in [0.25, 0.3) is 0 Å². The minimum absolute atomic E-state index is 0.236. The molecule has 1 aromatic carbocycles. The molecule has 3 nitrogen and oxygen atoms in total. The summed E-state index contributed by atoms with van der Waals surface area (Å²) in [5, 5.41) is 2.43. The van der Waals surface area contributed by atoms with Gasteiger partial charge in [-0.25, -0.2) is 4.39 Å². The summed E-state index contributed by atoms with van der Waals surface area (Å²) >= 11 is 5.39. The SMILES string of the molecule is O=C(NCCCOCCCl)c1ccc(F)c(C(F)(F)F)c1. The Morgan fingerprint density at radius 1 is 1.29 bits per heavy atom. The van der Waals surface area contributed by atoms with Crippen LogP contribution in [0.2, 0.25) is 0 Å². The first-order chi connectivity index (χ1) is 9.86. The van der Waals surface area contributed by atoms with E-state index in [4.69, 9.17) is 16.3 Å². The Balaban J connectivity index is 2.55. The Hall–Kier alpha value is -1.34. The maximum atomic E-state index is 13.1. The van der Waals surface area contributed by atoms with E-state index in [1.165, 1.54) is 0 Å². The molecule has 0 unspecified atom stereocenters. The van der Waals surface area contributed by atoms with Gasteiger partial charge in [0.15, 0.2) is 0 Å². The molecule has 0 atom stereocenters. The van der Waals surface area contributed by atoms with Gasteiger partial charge in [0.2, 0.25) is 0 Å². The predicted octanol–water partition coefficient (Wildman–Crippen LogP) is 3.22. The molecule has 0 aliphatic rings. The first-order valence-corrected chi connectivity index (χ1v) is 6.68. The highest BCUT2D eigenvalue weighted by Gasteiger charge is 2.34. The van der Waals surface area contributed by atoms with Crippen molar-refractivity contribution in [2.75, 3.05) is 25.6 Å². The van der Waals surface area contributed by atoms with Crippen LogP contribution in [0, 0.1) is 5.82 Å². The Morgan fingerprint density at radius 2 is 2.00 bits per heavy atom. The summed E-state index contributed by atoms with van der Waals surface area (Å²) < 4.78 is 55.7. The average molecular weight is 328 g/mol. The van der Waals surface area contributed by atoms with Crippen LogP contribution in [-0.2, 0) is 10.9 Å². The van der Waals surface area contributed by atoms with Crippen molar-refractivity contribution in [1.82, 2.24) is 5.32 Å². The summed E-state index contributed by atoms with van der Waals surface area (Å²) in [6.45, 7) is 1.01. The molecule has 1 aromatic rings. The molecule has 0 spiro atoms. The van der Waals surface area contributed by atoms with Crippen molar-refractivity contribution < 1.29 is 27.1 Å². The second-order valence-corrected chi connectivity index (χ2v) is 4.48. The van der Waals surface area contributed by atoms with Crippen molar-refractivity contribution >= 4 is 17.5 Å². The highest BCUT2D eigenvalue weighted by Crippen LogP contribution is 2.31. The lowest BCUT2D eigenvalue weighted by atomic mass is 10.1. The number of nitrogens with one attached hydrogen (secondary N) is 1. The van der Waals surface area contributed by atoms with E-state index in [0.29, 0.717) is 37.6 Å². The number of benzene rings is 1. The van der Waals surface area contributed by atoms with Crippen LogP contribution in [0.15, 0.2) is 18.2 Å². The lowest BCUT2D eigenvalue weighted by molar-refractivity contribution is -0.140. The van der Waals surface area contributed by atoms with Crippen LogP contribution in [0.4, 0.5) is 17.6 Å². The average Bonchev–Trinajstić information content (AvgIpc) is 2.41. The molecular weight excluding hydrogens is 314 g/mol. The van der Waals surface area contributed by atoms with Crippen molar-refractivity contribution in [1.29, 1.82) is 0 Å². The molecule has 0 bridgehead atoms. The summed E-state index contributed by atoms with van der Waals surface area (Å²) in [7, 11) is 0. The minimum Gasteiger partial charge on any atom is -0.380 e. The number of carbonyl (C=O) groups is 1. The largest absolute Gasteiger partial charge is 0.419 e. The van der Waals surface area contributed by atoms with Gasteiger partial charge in [0.05, 0.1) is 12.2 Å². The van der Waals surface area contributed by atoms with E-state index in [1.807, 2.05) is 0 Å². The summed E-state index contributed by atoms with van der Waals surface area (Å²) in [5.41, 5.74) is -1.70. The monoisotopic (exact) mass is 327 g/mol. The van der Waals surface area contributed by atoms with Crippen molar-refractivity contribution in [3.8, 4) is 0 Å². The number of carbonyl (C=O) groups excluding carboxylic acids is 1. The standard InChI is InChI=1S/C13H14ClF4NO2/c14-4-7-21-6-1-5-19-12(20)9-2-3-11(15)10(8-9)13(16,17)18/h2-3,8H,1,4-7H2,(H,19,20). The third-order valence-electron chi connectivity index (χ3n) is 2.51. The van der Waals surface area contributed by atoms with Crippen LogP contribution in [0.1, 0.15) is 22.3 Å². The number of hydrogen-bond donors (Lipinski definition) is 1. The van der Waals surface area contributed by atoms with Crippen molar-refractivity contribution in [2.45, 2.75) is 12.6 Å². The van der Waals surface area contributed by atoms with Gasteiger partial charge in [-0.1, -0.05) is 0 Å². The fourth-order valence-electron chi connectivity index (χ4n) is 1.52. The molecule has 1 N–H and O–H groups in total. The summed E-state index contributed by atoms with van der Waals surface area (Å²) in [5.74, 6) is -1.74. The van der Waals surface area contributed by atoms with E-state index < -0.39 is 23.5 Å². The Labute approximate surface area is 124 Å². The molecule has 0 aromatic heterocycles. The zero-order chi connectivity index (χ0) is 15.9. The fourth-order valence-corrected chi connectivity index (χ4v) is 1.63. The maximum absolute atomic E-state index is 13.1. The number of halogens is 5. The second kappa shape index (κ2) is 8.19. The molecule has 0 saturated heterocycles. The molecule has 0 aliphatic carbocycles. The number of alkyl halides is 4. The summed E-state index contributed by atoms with van der Waals surface area (Å²) in [6.07, 6.45) is -4.34. The van der Waals surface area contributed by atoms with Gasteiger partial charge in [-0.2, -0.15) is 13.2 Å². The van der Waals surface area contributed by atoms with Gasteiger partial charge in [0.1, 0.15) is 5.82 Å². The van der Waals surface area contributed by atoms with Gasteiger partial charge < -0.3 is 10.1 Å². The van der Waals surface area contributed by atoms with Crippen LogP contribution >= 0.6 is 11.6 Å². The second-order valence-electron chi connectivity index (χ2n) is 4.10. The van der Waals surface area contributed by atoms with Gasteiger partial charge in [-0.05, 0) is 24.6 Å². The Morgan fingerprint density at radius 3 is 2.62 bits per heavy atom. The fraction of sp³-hybridized carbons (Fsp3) is 0.462. The van der Waals surface area contributed by atoms with E-state index in [1.54, 1.807) is 0 Å². The molecule has 0 aliphatic heterocycles. The molecule has 1 rings (SSSR count). The number of rotatable bonds is 7. The molecule has 0 saturated carbocycles. The zero-order valence-electron chi connectivity index (χ0n) is 11.0. The number of ether oxygens (including phenoxy) is 1. The molecule has 21 heavy (non-hydrogen) atoms. The predicted molar refractivity (Wildman–Crippen MR) is 69.9 cm³/mol. The lowest BCUT2D eigenvalue weighted by Gasteiger charge is -2.10. The van der Waals surface area contributed by atoms with Crippen LogP contribution in [0.5, 0.6) is 0 Å². The normalized spacial score (nSPS) is 11.5. The first-order valence-electron chi connectivity index (χ1n) is 6.15. The van der Waals surface area contributed by atoms with Crippen LogP contribution in [0.3, 0.4) is 0 Å². The molecule has 0 heterocycles. The van der Waals surface area contributed by atoms with Crippen molar-refractivity contribution in [3.63, 3.8) is 0 Å². The molecule has 8 heteroatoms. The lowest BCUT2D eigenvalue weighted by Crippen LogP contribution is -2.26. The number of hydrogen-bond acceptors (Lipinski definition) is 2. The van der Waals surface area contributed by atoms with Gasteiger partial charge >= 0.3 is 6.18 Å². The molecular formula is C13H14ClF4NO2. The Kier molecular flexibility index (Phi) is 6.91. The molecule has 0 radical (unpaired) electrons. The van der Waals surface area contributed by atoms with E-state index >= 15 is 0 Å². The Bertz CT molecular complexity index is 480. The highest BCUT2D eigenvalue weighted by atomic mass is 35.5. The first kappa shape index (κ1) is 17.7. The van der Waals surface area contributed by atoms with Crippen molar-refractivity contribution in [2.24, 2.45) is 0 Å². The van der Waals surface area contributed by atoms with E-state index in [-0.39, 0.29) is 12.1 Å². The zero-order valence-corrected chi connectivity index (χ0v) is 11.7. The van der Waals surface area contributed by atoms with Crippen LogP contribution < -0.4 is 5.32 Å². The van der Waals surface area contributed by atoms with Gasteiger partial charge in [0.25, 0.3) is 5.91 Å². The topological polar surface area (TPSA) is 38.3 Å².